The molecule has 1 atom stereocenters. The van der Waals surface area contributed by atoms with Crippen molar-refractivity contribution in [2.45, 2.75) is 25.7 Å². The Hall–Kier alpha value is -2.82. The Morgan fingerprint density at radius 2 is 1.96 bits per heavy atom. The van der Waals surface area contributed by atoms with Gasteiger partial charge < -0.3 is 15.4 Å². The molecule has 0 aromatic heterocycles. The number of ether oxygens (including phenoxy) is 1. The molecule has 0 bridgehead atoms. The van der Waals surface area contributed by atoms with Gasteiger partial charge in [-0.05, 0) is 54.8 Å². The molecule has 5 heteroatoms. The van der Waals surface area contributed by atoms with E-state index in [9.17, 15) is 9.59 Å². The number of anilines is 2. The smallest absolute Gasteiger partial charge is 0.231 e. The van der Waals surface area contributed by atoms with Crippen LogP contribution in [0.15, 0.2) is 42.5 Å². The van der Waals surface area contributed by atoms with Gasteiger partial charge in [0.2, 0.25) is 11.8 Å². The number of hydrogen-bond donors (Lipinski definition) is 2. The van der Waals surface area contributed by atoms with Gasteiger partial charge in [0, 0.05) is 17.8 Å². The molecule has 2 amide bonds. The van der Waals surface area contributed by atoms with Crippen LogP contribution in [-0.2, 0) is 16.0 Å². The molecule has 0 aliphatic carbocycles. The van der Waals surface area contributed by atoms with Gasteiger partial charge in [-0.25, -0.2) is 0 Å². The molecule has 0 saturated carbocycles. The van der Waals surface area contributed by atoms with Crippen LogP contribution in [0.4, 0.5) is 11.4 Å². The molecule has 5 nitrogen and oxygen atoms in total. The fourth-order valence-electron chi connectivity index (χ4n) is 2.77. The van der Waals surface area contributed by atoms with E-state index >= 15 is 0 Å². The average Bonchev–Trinajstić information content (AvgIpc) is 2.88. The second-order valence-electron chi connectivity index (χ2n) is 5.91. The van der Waals surface area contributed by atoms with Crippen LogP contribution in [0, 0.1) is 0 Å². The predicted molar refractivity (Wildman–Crippen MR) is 93.4 cm³/mol. The maximum absolute atomic E-state index is 12.1. The summed E-state index contributed by atoms with van der Waals surface area (Å²) >= 11 is 0. The van der Waals surface area contributed by atoms with Gasteiger partial charge in [0.25, 0.3) is 0 Å². The molecule has 0 radical (unpaired) electrons. The Morgan fingerprint density at radius 1 is 1.21 bits per heavy atom. The molecule has 1 unspecified atom stereocenters. The summed E-state index contributed by atoms with van der Waals surface area (Å²) in [6, 6.07) is 13.2. The number of carbonyl (C=O) groups excluding carboxylic acids is 2. The molecule has 1 heterocycles. The first-order valence-corrected chi connectivity index (χ1v) is 7.94. The van der Waals surface area contributed by atoms with E-state index in [1.165, 1.54) is 0 Å². The number of aryl methyl sites for hydroxylation is 1. The summed E-state index contributed by atoms with van der Waals surface area (Å²) in [7, 11) is 1.63. The zero-order chi connectivity index (χ0) is 17.1. The van der Waals surface area contributed by atoms with Crippen molar-refractivity contribution < 1.29 is 14.3 Å². The van der Waals surface area contributed by atoms with Crippen LogP contribution in [0.5, 0.6) is 5.75 Å². The molecule has 2 aromatic carbocycles. The van der Waals surface area contributed by atoms with Crippen LogP contribution >= 0.6 is 0 Å². The molecule has 0 fully saturated rings. The molecule has 3 rings (SSSR count). The fraction of sp³-hybridized carbons (Fsp3) is 0.263. The molecule has 2 N–H and O–H groups in total. The van der Waals surface area contributed by atoms with Crippen LogP contribution in [0.3, 0.4) is 0 Å². The van der Waals surface area contributed by atoms with E-state index in [4.69, 9.17) is 4.74 Å². The highest BCUT2D eigenvalue weighted by Gasteiger charge is 2.26. The van der Waals surface area contributed by atoms with Crippen LogP contribution in [0.2, 0.25) is 0 Å². The zero-order valence-electron chi connectivity index (χ0n) is 13.8. The van der Waals surface area contributed by atoms with Crippen molar-refractivity contribution in [2.24, 2.45) is 0 Å². The Bertz CT molecular complexity index is 769. The van der Waals surface area contributed by atoms with Gasteiger partial charge in [-0.2, -0.15) is 0 Å². The Morgan fingerprint density at radius 3 is 2.67 bits per heavy atom. The van der Waals surface area contributed by atoms with Gasteiger partial charge >= 0.3 is 0 Å². The topological polar surface area (TPSA) is 67.4 Å². The zero-order valence-corrected chi connectivity index (χ0v) is 13.8. The quantitative estimate of drug-likeness (QED) is 0.886. The number of amides is 2. The fourth-order valence-corrected chi connectivity index (χ4v) is 2.77. The molecule has 0 spiro atoms. The largest absolute Gasteiger partial charge is 0.497 e. The lowest BCUT2D eigenvalue weighted by molar-refractivity contribution is -0.117. The number of rotatable bonds is 5. The van der Waals surface area contributed by atoms with Crippen molar-refractivity contribution in [2.75, 3.05) is 17.7 Å². The van der Waals surface area contributed by atoms with E-state index in [0.717, 1.165) is 28.3 Å². The number of hydrogen-bond acceptors (Lipinski definition) is 3. The standard InChI is InChI=1S/C19H20N2O3/c1-12-16-11-14(6-9-17(16)21-19(12)23)20-18(22)10-5-13-3-7-15(24-2)8-4-13/h3-4,6-9,11-12H,5,10H2,1-2H3,(H,20,22)(H,21,23). The molecule has 24 heavy (non-hydrogen) atoms. The maximum atomic E-state index is 12.1. The van der Waals surface area contributed by atoms with Crippen LogP contribution in [0.1, 0.15) is 30.4 Å². The molecular weight excluding hydrogens is 304 g/mol. The van der Waals surface area contributed by atoms with Crippen molar-refractivity contribution in [3.8, 4) is 5.75 Å². The highest BCUT2D eigenvalue weighted by Crippen LogP contribution is 2.34. The Labute approximate surface area is 141 Å². The van der Waals surface area contributed by atoms with Crippen molar-refractivity contribution >= 4 is 23.2 Å². The Balaban J connectivity index is 1.58. The maximum Gasteiger partial charge on any atom is 0.231 e. The molecule has 124 valence electrons. The molecule has 1 aliphatic rings. The molecular formula is C19H20N2O3. The summed E-state index contributed by atoms with van der Waals surface area (Å²) in [6.45, 7) is 1.86. The highest BCUT2D eigenvalue weighted by atomic mass is 16.5. The number of methoxy groups -OCH3 is 1. The third-order valence-corrected chi connectivity index (χ3v) is 4.25. The summed E-state index contributed by atoms with van der Waals surface area (Å²) in [5.74, 6) is 0.568. The molecule has 2 aromatic rings. The van der Waals surface area contributed by atoms with Gasteiger partial charge in [-0.15, -0.1) is 0 Å². The first-order valence-electron chi connectivity index (χ1n) is 7.94. The average molecular weight is 324 g/mol. The predicted octanol–water partition coefficient (Wildman–Crippen LogP) is 3.32. The summed E-state index contributed by atoms with van der Waals surface area (Å²) in [4.78, 5) is 23.8. The second-order valence-corrected chi connectivity index (χ2v) is 5.91. The SMILES string of the molecule is COc1ccc(CCC(=O)Nc2ccc3c(c2)C(C)C(=O)N3)cc1. The molecule has 1 aliphatic heterocycles. The molecule has 0 saturated heterocycles. The van der Waals surface area contributed by atoms with Crippen LogP contribution < -0.4 is 15.4 Å². The minimum absolute atomic E-state index is 0.00650. The van der Waals surface area contributed by atoms with E-state index in [2.05, 4.69) is 10.6 Å². The summed E-state index contributed by atoms with van der Waals surface area (Å²) in [6.07, 6.45) is 1.06. The normalized spacial score (nSPS) is 15.6. The van der Waals surface area contributed by atoms with Crippen molar-refractivity contribution in [3.63, 3.8) is 0 Å². The number of benzene rings is 2. The third-order valence-electron chi connectivity index (χ3n) is 4.25. The highest BCUT2D eigenvalue weighted by molar-refractivity contribution is 6.03. The minimum atomic E-state index is -0.184. The summed E-state index contributed by atoms with van der Waals surface area (Å²) in [5, 5.41) is 5.72. The number of carbonyl (C=O) groups is 2. The first kappa shape index (κ1) is 16.1. The Kier molecular flexibility index (Phi) is 4.51. The van der Waals surface area contributed by atoms with Crippen LogP contribution in [0.25, 0.3) is 0 Å². The number of nitrogens with one attached hydrogen (secondary N) is 2. The van der Waals surface area contributed by atoms with E-state index < -0.39 is 0 Å². The van der Waals surface area contributed by atoms with Gasteiger partial charge in [-0.3, -0.25) is 9.59 Å². The second kappa shape index (κ2) is 6.74. The van der Waals surface area contributed by atoms with Crippen LogP contribution in [-0.4, -0.2) is 18.9 Å². The minimum Gasteiger partial charge on any atom is -0.497 e. The van der Waals surface area contributed by atoms with Crippen molar-refractivity contribution in [1.82, 2.24) is 0 Å². The third kappa shape index (κ3) is 3.40. The van der Waals surface area contributed by atoms with Crippen molar-refractivity contribution in [1.29, 1.82) is 0 Å². The van der Waals surface area contributed by atoms with Gasteiger partial charge in [0.1, 0.15) is 5.75 Å². The van der Waals surface area contributed by atoms with E-state index in [-0.39, 0.29) is 17.7 Å². The first-order chi connectivity index (χ1) is 11.6. The van der Waals surface area contributed by atoms with E-state index in [0.29, 0.717) is 12.8 Å². The monoisotopic (exact) mass is 324 g/mol. The van der Waals surface area contributed by atoms with Gasteiger partial charge in [0.05, 0.1) is 13.0 Å². The van der Waals surface area contributed by atoms with E-state index in [1.54, 1.807) is 7.11 Å². The summed E-state index contributed by atoms with van der Waals surface area (Å²) in [5.41, 5.74) is 3.55. The lowest BCUT2D eigenvalue weighted by atomic mass is 10.0. The summed E-state index contributed by atoms with van der Waals surface area (Å²) < 4.78 is 5.12. The lowest BCUT2D eigenvalue weighted by Crippen LogP contribution is -2.12. The van der Waals surface area contributed by atoms with Gasteiger partial charge in [0.15, 0.2) is 0 Å². The number of fused-ring (bicyclic) bond motifs is 1. The van der Waals surface area contributed by atoms with E-state index in [1.807, 2.05) is 49.4 Å². The van der Waals surface area contributed by atoms with Crippen molar-refractivity contribution in [3.05, 3.63) is 53.6 Å². The lowest BCUT2D eigenvalue weighted by Gasteiger charge is -2.08. The van der Waals surface area contributed by atoms with Gasteiger partial charge in [-0.1, -0.05) is 12.1 Å².